The first kappa shape index (κ1) is 16.6. The van der Waals surface area contributed by atoms with Crippen LogP contribution in [-0.4, -0.2) is 36.2 Å². The van der Waals surface area contributed by atoms with Gasteiger partial charge in [0.15, 0.2) is 11.4 Å². The Balaban J connectivity index is 2.08. The van der Waals surface area contributed by atoms with Gasteiger partial charge in [-0.05, 0) is 31.4 Å². The Labute approximate surface area is 125 Å². The lowest BCUT2D eigenvalue weighted by Gasteiger charge is -2.33. The average Bonchev–Trinajstić information content (AvgIpc) is 2.46. The van der Waals surface area contributed by atoms with Crippen molar-refractivity contribution in [3.05, 3.63) is 29.0 Å². The lowest BCUT2D eigenvalue weighted by molar-refractivity contribution is -0.498. The first-order valence-electron chi connectivity index (χ1n) is 6.90. The molecular weight excluding hydrogens is 301 g/mol. The van der Waals surface area contributed by atoms with E-state index in [9.17, 15) is 23.2 Å². The van der Waals surface area contributed by atoms with Crippen molar-refractivity contribution in [2.45, 2.75) is 32.0 Å². The normalized spacial score (nSPS) is 19.1. The van der Waals surface area contributed by atoms with Crippen molar-refractivity contribution in [3.8, 4) is 5.75 Å². The quantitative estimate of drug-likeness (QED) is 0.680. The average molecular weight is 318 g/mol. The largest absolute Gasteiger partial charge is 0.630 e. The van der Waals surface area contributed by atoms with Crippen molar-refractivity contribution < 1.29 is 28.2 Å². The number of carbonyl (C=O) groups is 1. The third-order valence-electron chi connectivity index (χ3n) is 3.50. The van der Waals surface area contributed by atoms with Gasteiger partial charge in [-0.25, -0.2) is 0 Å². The molecule has 0 radical (unpaired) electrons. The number of halogens is 3. The van der Waals surface area contributed by atoms with E-state index in [0.29, 0.717) is 29.8 Å². The fourth-order valence-corrected chi connectivity index (χ4v) is 2.42. The Kier molecular flexibility index (Phi) is 4.92. The van der Waals surface area contributed by atoms with Crippen LogP contribution >= 0.6 is 0 Å². The molecule has 1 saturated heterocycles. The van der Waals surface area contributed by atoms with Crippen molar-refractivity contribution in [3.63, 3.8) is 0 Å². The first-order chi connectivity index (χ1) is 10.3. The predicted molar refractivity (Wildman–Crippen MR) is 72.4 cm³/mol. The summed E-state index contributed by atoms with van der Waals surface area (Å²) in [5.74, 6) is -1.51. The smallest absolute Gasteiger partial charge is 0.471 e. The highest BCUT2D eigenvalue weighted by Crippen LogP contribution is 2.27. The lowest BCUT2D eigenvalue weighted by Crippen LogP contribution is -2.70. The minimum Gasteiger partial charge on any atom is -0.630 e. The minimum absolute atomic E-state index is 0.0621. The highest BCUT2D eigenvalue weighted by molar-refractivity contribution is 5.82. The van der Waals surface area contributed by atoms with E-state index in [1.165, 1.54) is 0 Å². The first-order valence-corrected chi connectivity index (χ1v) is 6.90. The summed E-state index contributed by atoms with van der Waals surface area (Å²) in [6.07, 6.45) is -4.47. The fourth-order valence-electron chi connectivity index (χ4n) is 2.42. The van der Waals surface area contributed by atoms with E-state index in [1.54, 1.807) is 18.2 Å². The number of piperidine rings is 1. The summed E-state index contributed by atoms with van der Waals surface area (Å²) in [7, 11) is 0. The fraction of sp³-hybridized carbons (Fsp3) is 0.500. The number of hydrogen-bond acceptors (Lipinski definition) is 3. The molecule has 0 aliphatic carbocycles. The summed E-state index contributed by atoms with van der Waals surface area (Å²) < 4.78 is 43.1. The van der Waals surface area contributed by atoms with Crippen LogP contribution in [0.3, 0.4) is 0 Å². The summed E-state index contributed by atoms with van der Waals surface area (Å²) in [6, 6.07) is 5.00. The Bertz CT molecular complexity index is 549. The van der Waals surface area contributed by atoms with Gasteiger partial charge in [-0.3, -0.25) is 4.79 Å². The van der Waals surface area contributed by atoms with E-state index >= 15 is 0 Å². The molecule has 1 aromatic carbocycles. The molecule has 1 aliphatic heterocycles. The molecule has 1 fully saturated rings. The molecule has 122 valence electrons. The van der Waals surface area contributed by atoms with Crippen LogP contribution in [-0.2, 0) is 4.79 Å². The van der Waals surface area contributed by atoms with E-state index < -0.39 is 18.2 Å². The molecule has 1 aromatic rings. The van der Waals surface area contributed by atoms with Gasteiger partial charge >= 0.3 is 12.1 Å². The Morgan fingerprint density at radius 1 is 1.45 bits per heavy atom. The van der Waals surface area contributed by atoms with Crippen LogP contribution in [0.2, 0.25) is 0 Å². The molecule has 8 heteroatoms. The van der Waals surface area contributed by atoms with Crippen LogP contribution in [0, 0.1) is 12.1 Å². The van der Waals surface area contributed by atoms with E-state index in [1.807, 2.05) is 6.92 Å². The van der Waals surface area contributed by atoms with Crippen molar-refractivity contribution >= 4 is 11.6 Å². The summed E-state index contributed by atoms with van der Waals surface area (Å²) in [5.41, 5.74) is 1.85. The SMILES string of the molecule is Cc1ccc([NH2+][O-])c(O[C@H]2CCCN(C(=O)C(F)(F)F)C2)c1. The second-order valence-electron chi connectivity index (χ2n) is 5.29. The molecule has 2 rings (SSSR count). The lowest BCUT2D eigenvalue weighted by atomic mass is 10.1. The topological polar surface area (TPSA) is 69.2 Å². The van der Waals surface area contributed by atoms with Crippen molar-refractivity contribution in [2.75, 3.05) is 13.1 Å². The summed E-state index contributed by atoms with van der Waals surface area (Å²) >= 11 is 0. The van der Waals surface area contributed by atoms with Gasteiger partial charge in [-0.15, -0.1) is 0 Å². The van der Waals surface area contributed by atoms with Crippen LogP contribution in [0.5, 0.6) is 5.75 Å². The van der Waals surface area contributed by atoms with Crippen molar-refractivity contribution in [2.24, 2.45) is 0 Å². The number of carbonyl (C=O) groups excluding carboxylic acids is 1. The van der Waals surface area contributed by atoms with Gasteiger partial charge in [0.2, 0.25) is 0 Å². The highest BCUT2D eigenvalue weighted by atomic mass is 19.4. The number of aryl methyl sites for hydroxylation is 1. The Morgan fingerprint density at radius 2 is 2.18 bits per heavy atom. The number of benzene rings is 1. The molecule has 1 aliphatic rings. The van der Waals surface area contributed by atoms with Crippen LogP contribution < -0.4 is 10.2 Å². The molecule has 22 heavy (non-hydrogen) atoms. The van der Waals surface area contributed by atoms with Crippen LogP contribution in [0.4, 0.5) is 18.9 Å². The summed E-state index contributed by atoms with van der Waals surface area (Å²) in [4.78, 5) is 12.0. The molecule has 0 unspecified atom stereocenters. The van der Waals surface area contributed by atoms with E-state index in [2.05, 4.69) is 0 Å². The number of quaternary nitrogens is 1. The number of amides is 1. The zero-order chi connectivity index (χ0) is 16.3. The van der Waals surface area contributed by atoms with Crippen LogP contribution in [0.15, 0.2) is 18.2 Å². The molecule has 0 bridgehead atoms. The number of likely N-dealkylation sites (tertiary alicyclic amines) is 1. The summed E-state index contributed by atoms with van der Waals surface area (Å²) in [6.45, 7) is 1.75. The van der Waals surface area contributed by atoms with Crippen molar-refractivity contribution in [1.82, 2.24) is 4.90 Å². The highest BCUT2D eigenvalue weighted by Gasteiger charge is 2.43. The monoisotopic (exact) mass is 318 g/mol. The number of hydrogen-bond donors (Lipinski definition) is 1. The van der Waals surface area contributed by atoms with Gasteiger partial charge in [0.05, 0.1) is 6.54 Å². The number of nitrogens with two attached hydrogens (primary N) is 1. The summed E-state index contributed by atoms with van der Waals surface area (Å²) in [5, 5.41) is 11.0. The maximum absolute atomic E-state index is 12.5. The van der Waals surface area contributed by atoms with Gasteiger partial charge in [0.25, 0.3) is 0 Å². The molecule has 0 saturated carbocycles. The molecule has 5 nitrogen and oxygen atoms in total. The molecule has 1 amide bonds. The van der Waals surface area contributed by atoms with Gasteiger partial charge < -0.3 is 20.3 Å². The number of alkyl halides is 3. The zero-order valence-corrected chi connectivity index (χ0v) is 12.0. The third-order valence-corrected chi connectivity index (χ3v) is 3.50. The second kappa shape index (κ2) is 6.53. The maximum Gasteiger partial charge on any atom is 0.471 e. The molecule has 0 aromatic heterocycles. The van der Waals surface area contributed by atoms with Gasteiger partial charge in [0, 0.05) is 12.6 Å². The molecule has 0 spiro atoms. The van der Waals surface area contributed by atoms with Crippen molar-refractivity contribution in [1.29, 1.82) is 0 Å². The second-order valence-corrected chi connectivity index (χ2v) is 5.29. The van der Waals surface area contributed by atoms with E-state index in [4.69, 9.17) is 4.74 Å². The van der Waals surface area contributed by atoms with Gasteiger partial charge in [-0.1, -0.05) is 6.07 Å². The maximum atomic E-state index is 12.5. The van der Waals surface area contributed by atoms with Gasteiger partial charge in [-0.2, -0.15) is 13.2 Å². The Morgan fingerprint density at radius 3 is 2.82 bits per heavy atom. The number of ether oxygens (including phenoxy) is 1. The third kappa shape index (κ3) is 3.89. The number of nitrogens with zero attached hydrogens (tertiary/aromatic N) is 1. The standard InChI is InChI=1S/C14H17F3N2O3/c1-9-4-5-11(18-21)12(7-9)22-10-3-2-6-19(8-10)13(20)14(15,16)17/h4-5,7,10H,2-3,6,8,18H2,1H3/t10-/m0/s1. The van der Waals surface area contributed by atoms with E-state index in [0.717, 1.165) is 10.5 Å². The molecule has 2 N–H and O–H groups in total. The molecule has 1 atom stereocenters. The van der Waals surface area contributed by atoms with E-state index in [-0.39, 0.29) is 13.1 Å². The van der Waals surface area contributed by atoms with Crippen LogP contribution in [0.1, 0.15) is 18.4 Å². The van der Waals surface area contributed by atoms with Gasteiger partial charge in [0.1, 0.15) is 6.10 Å². The predicted octanol–water partition coefficient (Wildman–Crippen LogP) is 1.62. The minimum atomic E-state index is -4.88. The van der Waals surface area contributed by atoms with Crippen LogP contribution in [0.25, 0.3) is 0 Å². The molecular formula is C14H17F3N2O3. The Hall–Kier alpha value is -1.80. The number of rotatable bonds is 3. The molecule has 1 heterocycles. The zero-order valence-electron chi connectivity index (χ0n) is 12.0.